The average molecular weight is 440 g/mol. The van der Waals surface area contributed by atoms with Crippen molar-refractivity contribution >= 4 is 29.0 Å². The Balaban J connectivity index is 1.90. The summed E-state index contributed by atoms with van der Waals surface area (Å²) in [5, 5.41) is 0.489. The zero-order valence-electron chi connectivity index (χ0n) is 18.2. The first-order chi connectivity index (χ1) is 14.8. The molecule has 162 valence electrons. The van der Waals surface area contributed by atoms with Crippen LogP contribution in [-0.2, 0) is 9.59 Å². The Morgan fingerprint density at radius 1 is 1.00 bits per heavy atom. The Morgan fingerprint density at radius 3 is 2.39 bits per heavy atom. The number of allylic oxidation sites excluding steroid dienone is 2. The van der Waals surface area contributed by atoms with Gasteiger partial charge in [0.15, 0.2) is 17.3 Å². The molecule has 6 heteroatoms. The van der Waals surface area contributed by atoms with Gasteiger partial charge < -0.3 is 9.47 Å². The fourth-order valence-corrected chi connectivity index (χ4v) is 4.90. The summed E-state index contributed by atoms with van der Waals surface area (Å²) < 4.78 is 10.8. The van der Waals surface area contributed by atoms with E-state index < -0.39 is 0 Å². The summed E-state index contributed by atoms with van der Waals surface area (Å²) in [7, 11) is 3.16. The van der Waals surface area contributed by atoms with Crippen molar-refractivity contribution in [2.24, 2.45) is 5.41 Å². The zero-order chi connectivity index (χ0) is 22.3. The van der Waals surface area contributed by atoms with Gasteiger partial charge in [0, 0.05) is 30.0 Å². The molecule has 4 rings (SSSR count). The van der Waals surface area contributed by atoms with Crippen molar-refractivity contribution in [3.05, 3.63) is 64.3 Å². The molecule has 0 spiro atoms. The highest BCUT2D eigenvalue weighted by atomic mass is 35.5. The summed E-state index contributed by atoms with van der Waals surface area (Å²) in [5.74, 6) is 0.862. The van der Waals surface area contributed by atoms with E-state index in [1.54, 1.807) is 25.2 Å². The maximum atomic E-state index is 13.4. The van der Waals surface area contributed by atoms with Gasteiger partial charge in [0.2, 0.25) is 5.91 Å². The van der Waals surface area contributed by atoms with Gasteiger partial charge in [-0.1, -0.05) is 43.6 Å². The molecule has 0 unspecified atom stereocenters. The molecule has 2 aromatic rings. The first-order valence-corrected chi connectivity index (χ1v) is 10.7. The third-order valence-electron chi connectivity index (χ3n) is 6.05. The van der Waals surface area contributed by atoms with Crippen LogP contribution in [0, 0.1) is 5.41 Å². The van der Waals surface area contributed by atoms with E-state index in [1.165, 1.54) is 0 Å². The van der Waals surface area contributed by atoms with E-state index in [1.807, 2.05) is 36.4 Å². The number of methoxy groups -OCH3 is 2. The Bertz CT molecular complexity index is 1090. The molecule has 0 radical (unpaired) electrons. The van der Waals surface area contributed by atoms with Crippen LogP contribution in [0.5, 0.6) is 11.5 Å². The molecule has 1 atom stereocenters. The molecule has 1 heterocycles. The molecule has 1 aliphatic heterocycles. The van der Waals surface area contributed by atoms with Gasteiger partial charge in [-0.05, 0) is 41.7 Å². The molecule has 2 aliphatic rings. The van der Waals surface area contributed by atoms with E-state index >= 15 is 0 Å². The van der Waals surface area contributed by atoms with Gasteiger partial charge >= 0.3 is 0 Å². The van der Waals surface area contributed by atoms with Crippen molar-refractivity contribution in [1.82, 2.24) is 0 Å². The lowest BCUT2D eigenvalue weighted by Gasteiger charge is -2.43. The third-order valence-corrected chi connectivity index (χ3v) is 6.37. The standard InChI is InChI=1S/C25H26ClNO4/c1-25(2)13-19-24(20(28)14-25)16(15-9-10-21(30-3)22(11-15)31-4)12-23(29)27(19)18-8-6-5-7-17(18)26/h5-11,16H,12-14H2,1-4H3/t16-/m0/s1. The topological polar surface area (TPSA) is 55.8 Å². The number of hydrogen-bond donors (Lipinski definition) is 0. The lowest BCUT2D eigenvalue weighted by molar-refractivity contribution is -0.121. The number of hydrogen-bond acceptors (Lipinski definition) is 4. The molecule has 1 aliphatic carbocycles. The number of amides is 1. The normalized spacial score (nSPS) is 20.5. The number of para-hydroxylation sites is 1. The van der Waals surface area contributed by atoms with Crippen LogP contribution in [0.2, 0.25) is 5.02 Å². The lowest BCUT2D eigenvalue weighted by atomic mass is 9.69. The summed E-state index contributed by atoms with van der Waals surface area (Å²) >= 11 is 6.46. The first-order valence-electron chi connectivity index (χ1n) is 10.3. The minimum Gasteiger partial charge on any atom is -0.493 e. The number of ether oxygens (including phenoxy) is 2. The highest BCUT2D eigenvalue weighted by Gasteiger charge is 2.44. The van der Waals surface area contributed by atoms with Crippen molar-refractivity contribution in [3.8, 4) is 11.5 Å². The number of carbonyl (C=O) groups is 2. The highest BCUT2D eigenvalue weighted by Crippen LogP contribution is 2.49. The lowest BCUT2D eigenvalue weighted by Crippen LogP contribution is -2.43. The van der Waals surface area contributed by atoms with Crippen LogP contribution in [-0.4, -0.2) is 25.9 Å². The van der Waals surface area contributed by atoms with Crippen molar-refractivity contribution < 1.29 is 19.1 Å². The van der Waals surface area contributed by atoms with Crippen LogP contribution >= 0.6 is 11.6 Å². The van der Waals surface area contributed by atoms with Crippen LogP contribution in [0.1, 0.15) is 44.6 Å². The van der Waals surface area contributed by atoms with Crippen molar-refractivity contribution in [2.75, 3.05) is 19.1 Å². The maximum Gasteiger partial charge on any atom is 0.232 e. The second-order valence-corrected chi connectivity index (χ2v) is 9.26. The molecule has 5 nitrogen and oxygen atoms in total. The van der Waals surface area contributed by atoms with E-state index in [0.717, 1.165) is 11.3 Å². The minimum atomic E-state index is -0.329. The molecule has 1 amide bonds. The quantitative estimate of drug-likeness (QED) is 0.629. The van der Waals surface area contributed by atoms with Gasteiger partial charge in [-0.2, -0.15) is 0 Å². The first kappa shape index (κ1) is 21.4. The number of carbonyl (C=O) groups excluding carboxylic acids is 2. The van der Waals surface area contributed by atoms with Gasteiger partial charge in [-0.3, -0.25) is 14.5 Å². The molecule has 0 fully saturated rings. The number of ketones is 1. The third kappa shape index (κ3) is 3.83. The van der Waals surface area contributed by atoms with Gasteiger partial charge in [-0.15, -0.1) is 0 Å². The predicted molar refractivity (Wildman–Crippen MR) is 121 cm³/mol. The Kier molecular flexibility index (Phi) is 5.56. The maximum absolute atomic E-state index is 13.4. The molecule has 2 aromatic carbocycles. The molecule has 31 heavy (non-hydrogen) atoms. The Morgan fingerprint density at radius 2 is 1.71 bits per heavy atom. The molecule has 0 aromatic heterocycles. The van der Waals surface area contributed by atoms with Crippen molar-refractivity contribution in [3.63, 3.8) is 0 Å². The summed E-state index contributed by atoms with van der Waals surface area (Å²) in [6.45, 7) is 4.12. The van der Waals surface area contributed by atoms with E-state index in [2.05, 4.69) is 13.8 Å². The van der Waals surface area contributed by atoms with Crippen LogP contribution < -0.4 is 14.4 Å². The van der Waals surface area contributed by atoms with Gasteiger partial charge in [0.05, 0.1) is 24.9 Å². The molecule has 0 saturated carbocycles. The van der Waals surface area contributed by atoms with Gasteiger partial charge in [-0.25, -0.2) is 0 Å². The summed E-state index contributed by atoms with van der Waals surface area (Å²) in [5.41, 5.74) is 2.70. The minimum absolute atomic E-state index is 0.0721. The molecule has 0 saturated heterocycles. The Hall–Kier alpha value is -2.79. The Labute approximate surface area is 187 Å². The van der Waals surface area contributed by atoms with E-state index in [9.17, 15) is 9.59 Å². The van der Waals surface area contributed by atoms with Crippen molar-refractivity contribution in [2.45, 2.75) is 39.0 Å². The summed E-state index contributed by atoms with van der Waals surface area (Å²) in [4.78, 5) is 28.5. The number of benzene rings is 2. The molecular formula is C25H26ClNO4. The molecule has 0 N–H and O–H groups in total. The average Bonchev–Trinajstić information content (AvgIpc) is 2.72. The summed E-state index contributed by atoms with van der Waals surface area (Å²) in [6, 6.07) is 12.9. The molecule has 0 bridgehead atoms. The largest absolute Gasteiger partial charge is 0.493 e. The second kappa shape index (κ2) is 8.04. The number of rotatable bonds is 4. The number of anilines is 1. The van der Waals surface area contributed by atoms with Crippen LogP contribution in [0.15, 0.2) is 53.7 Å². The van der Waals surface area contributed by atoms with Crippen LogP contribution in [0.25, 0.3) is 0 Å². The smallest absolute Gasteiger partial charge is 0.232 e. The van der Waals surface area contributed by atoms with Crippen molar-refractivity contribution in [1.29, 1.82) is 0 Å². The fourth-order valence-electron chi connectivity index (χ4n) is 4.68. The second-order valence-electron chi connectivity index (χ2n) is 8.85. The predicted octanol–water partition coefficient (Wildman–Crippen LogP) is 5.52. The molecular weight excluding hydrogens is 414 g/mol. The number of Topliss-reactive ketones (excluding diaryl/α,β-unsaturated/α-hetero) is 1. The van der Waals surface area contributed by atoms with Crippen LogP contribution in [0.3, 0.4) is 0 Å². The monoisotopic (exact) mass is 439 g/mol. The van der Waals surface area contributed by atoms with Gasteiger partial charge in [0.25, 0.3) is 0 Å². The number of halogens is 1. The highest BCUT2D eigenvalue weighted by molar-refractivity contribution is 6.34. The van der Waals surface area contributed by atoms with Crippen LogP contribution in [0.4, 0.5) is 5.69 Å². The fraction of sp³-hybridized carbons (Fsp3) is 0.360. The number of nitrogens with zero attached hydrogens (tertiary/aromatic N) is 1. The van der Waals surface area contributed by atoms with Gasteiger partial charge in [0.1, 0.15) is 0 Å². The van der Waals surface area contributed by atoms with E-state index in [0.29, 0.717) is 40.6 Å². The van der Waals surface area contributed by atoms with E-state index in [4.69, 9.17) is 21.1 Å². The zero-order valence-corrected chi connectivity index (χ0v) is 19.0. The van der Waals surface area contributed by atoms with E-state index in [-0.39, 0.29) is 29.4 Å². The summed E-state index contributed by atoms with van der Waals surface area (Å²) in [6.07, 6.45) is 1.25. The SMILES string of the molecule is COc1ccc([C@@H]2CC(=O)N(c3ccccc3Cl)C3=C2C(=O)CC(C)(C)C3)cc1OC.